The molecule has 6 nitrogen and oxygen atoms in total. The van der Waals surface area contributed by atoms with Crippen molar-refractivity contribution in [3.63, 3.8) is 0 Å². The first-order valence-corrected chi connectivity index (χ1v) is 11.0. The Balaban J connectivity index is 1.35. The first-order valence-electron chi connectivity index (χ1n) is 9.32. The Kier molecular flexibility index (Phi) is 4.81. The third-order valence-electron chi connectivity index (χ3n) is 5.02. The van der Waals surface area contributed by atoms with Crippen molar-refractivity contribution in [2.24, 2.45) is 0 Å². The quantitative estimate of drug-likeness (QED) is 0.639. The molecule has 0 radical (unpaired) electrons. The summed E-state index contributed by atoms with van der Waals surface area (Å²) in [5, 5.41) is 10.5. The predicted molar refractivity (Wildman–Crippen MR) is 112 cm³/mol. The Morgan fingerprint density at radius 3 is 3.11 bits per heavy atom. The summed E-state index contributed by atoms with van der Waals surface area (Å²) >= 11 is 5.34. The van der Waals surface area contributed by atoms with Crippen LogP contribution in [0.25, 0.3) is 5.65 Å². The van der Waals surface area contributed by atoms with Crippen molar-refractivity contribution in [2.45, 2.75) is 36.1 Å². The van der Waals surface area contributed by atoms with Gasteiger partial charge in [-0.3, -0.25) is 5.43 Å². The summed E-state index contributed by atoms with van der Waals surface area (Å²) in [5.74, 6) is 0. The van der Waals surface area contributed by atoms with E-state index in [2.05, 4.69) is 60.0 Å². The Hall–Kier alpha value is -1.61. The largest absolute Gasteiger partial charge is 0.359 e. The third kappa shape index (κ3) is 3.59. The highest BCUT2D eigenvalue weighted by atomic mass is 79.9. The Labute approximate surface area is 170 Å². The van der Waals surface area contributed by atoms with E-state index in [4.69, 9.17) is 0 Å². The lowest BCUT2D eigenvalue weighted by Crippen LogP contribution is -2.46. The molecule has 0 aliphatic carbocycles. The van der Waals surface area contributed by atoms with Crippen molar-refractivity contribution in [2.75, 3.05) is 18.4 Å². The van der Waals surface area contributed by atoms with E-state index < -0.39 is 0 Å². The molecule has 2 aliphatic heterocycles. The molecule has 0 saturated carbocycles. The fraction of sp³-hybridized carbons (Fsp3) is 0.368. The number of rotatable bonds is 3. The number of halogens is 1. The second kappa shape index (κ2) is 7.43. The minimum absolute atomic E-state index is 0.266. The number of hydrazine groups is 1. The fourth-order valence-electron chi connectivity index (χ4n) is 3.63. The van der Waals surface area contributed by atoms with Gasteiger partial charge in [0.15, 0.2) is 5.65 Å². The van der Waals surface area contributed by atoms with Gasteiger partial charge in [0.1, 0.15) is 10.1 Å². The molecule has 0 spiro atoms. The lowest BCUT2D eigenvalue weighted by Gasteiger charge is -2.27. The fourth-order valence-corrected chi connectivity index (χ4v) is 5.13. The standard InChI is InChI=1S/C19H21BrN6S/c20-17-6-7-18-21-12-14(26(18)24-17)10-13-4-5-15-16(11-13)27-19(23-15)25-9-3-1-2-8-22-25/h4-7,11-12,19,22-23H,1-3,8-10H2. The molecule has 140 valence electrons. The van der Waals surface area contributed by atoms with Crippen LogP contribution in [0.5, 0.6) is 0 Å². The van der Waals surface area contributed by atoms with Gasteiger partial charge in [-0.15, -0.1) is 0 Å². The van der Waals surface area contributed by atoms with E-state index in [1.54, 1.807) is 0 Å². The van der Waals surface area contributed by atoms with Gasteiger partial charge in [0.2, 0.25) is 0 Å². The van der Waals surface area contributed by atoms with Crippen LogP contribution < -0.4 is 10.7 Å². The molecule has 8 heteroatoms. The minimum atomic E-state index is 0.266. The monoisotopic (exact) mass is 444 g/mol. The maximum Gasteiger partial charge on any atom is 0.153 e. The van der Waals surface area contributed by atoms with Gasteiger partial charge in [-0.2, -0.15) is 5.10 Å². The average molecular weight is 445 g/mol. The first-order chi connectivity index (χ1) is 13.3. The predicted octanol–water partition coefficient (Wildman–Crippen LogP) is 3.87. The van der Waals surface area contributed by atoms with Crippen LogP contribution in [0.4, 0.5) is 5.69 Å². The number of benzene rings is 1. The number of nitrogens with one attached hydrogen (secondary N) is 2. The average Bonchev–Trinajstić information content (AvgIpc) is 3.15. The molecule has 1 saturated heterocycles. The number of imidazole rings is 1. The van der Waals surface area contributed by atoms with Crippen LogP contribution in [0.2, 0.25) is 0 Å². The summed E-state index contributed by atoms with van der Waals surface area (Å²) in [5.41, 5.74) is 8.28. The number of anilines is 1. The molecule has 1 atom stereocenters. The Morgan fingerprint density at radius 1 is 1.19 bits per heavy atom. The van der Waals surface area contributed by atoms with Crippen LogP contribution in [0.15, 0.2) is 46.0 Å². The van der Waals surface area contributed by atoms with Crippen molar-refractivity contribution in [1.29, 1.82) is 0 Å². The Morgan fingerprint density at radius 2 is 2.15 bits per heavy atom. The molecule has 27 heavy (non-hydrogen) atoms. The SMILES string of the molecule is Brc1ccc2ncc(Cc3ccc4c(c3)SC(N3CCCCCN3)N4)n2n1. The van der Waals surface area contributed by atoms with E-state index in [9.17, 15) is 0 Å². The summed E-state index contributed by atoms with van der Waals surface area (Å²) in [7, 11) is 0. The van der Waals surface area contributed by atoms with Crippen LogP contribution >= 0.6 is 27.7 Å². The number of thioether (sulfide) groups is 1. The molecule has 4 heterocycles. The highest BCUT2D eigenvalue weighted by Crippen LogP contribution is 2.40. The van der Waals surface area contributed by atoms with Crippen molar-refractivity contribution in [1.82, 2.24) is 25.0 Å². The molecule has 1 fully saturated rings. The minimum Gasteiger partial charge on any atom is -0.359 e. The molecule has 1 unspecified atom stereocenters. The van der Waals surface area contributed by atoms with Crippen LogP contribution in [0.3, 0.4) is 0 Å². The molecular weight excluding hydrogens is 424 g/mol. The highest BCUT2D eigenvalue weighted by molar-refractivity contribution is 9.10. The number of hydrogen-bond donors (Lipinski definition) is 2. The number of hydrogen-bond acceptors (Lipinski definition) is 6. The van der Waals surface area contributed by atoms with Crippen molar-refractivity contribution >= 4 is 39.0 Å². The smallest absolute Gasteiger partial charge is 0.153 e. The molecule has 0 amide bonds. The summed E-state index contributed by atoms with van der Waals surface area (Å²) in [6.07, 6.45) is 6.54. The second-order valence-corrected chi connectivity index (χ2v) is 8.89. The number of fused-ring (bicyclic) bond motifs is 2. The van der Waals surface area contributed by atoms with E-state index in [0.717, 1.165) is 35.5 Å². The highest BCUT2D eigenvalue weighted by Gasteiger charge is 2.27. The van der Waals surface area contributed by atoms with Gasteiger partial charge in [-0.25, -0.2) is 14.5 Å². The van der Waals surface area contributed by atoms with Crippen LogP contribution in [-0.2, 0) is 6.42 Å². The topological polar surface area (TPSA) is 57.5 Å². The summed E-state index contributed by atoms with van der Waals surface area (Å²) in [6.45, 7) is 2.16. The summed E-state index contributed by atoms with van der Waals surface area (Å²) < 4.78 is 2.72. The van der Waals surface area contributed by atoms with Crippen LogP contribution in [0.1, 0.15) is 30.5 Å². The number of aromatic nitrogens is 3. The van der Waals surface area contributed by atoms with E-state index in [0.29, 0.717) is 0 Å². The van der Waals surface area contributed by atoms with Crippen LogP contribution in [-0.4, -0.2) is 38.2 Å². The maximum atomic E-state index is 4.52. The molecular formula is C19H21BrN6S. The van der Waals surface area contributed by atoms with Crippen molar-refractivity contribution < 1.29 is 0 Å². The van der Waals surface area contributed by atoms with Gasteiger partial charge in [0.25, 0.3) is 0 Å². The molecule has 2 aromatic heterocycles. The zero-order valence-electron chi connectivity index (χ0n) is 14.9. The van der Waals surface area contributed by atoms with Crippen LogP contribution in [0, 0.1) is 0 Å². The summed E-state index contributed by atoms with van der Waals surface area (Å²) in [4.78, 5) is 5.77. The maximum absolute atomic E-state index is 4.52. The normalized spacial score (nSPS) is 20.4. The van der Waals surface area contributed by atoms with E-state index in [1.807, 2.05) is 34.6 Å². The molecule has 1 aromatic carbocycles. The molecule has 5 rings (SSSR count). The lowest BCUT2D eigenvalue weighted by molar-refractivity contribution is 0.199. The van der Waals surface area contributed by atoms with Crippen molar-refractivity contribution in [3.8, 4) is 0 Å². The van der Waals surface area contributed by atoms with E-state index >= 15 is 0 Å². The van der Waals surface area contributed by atoms with Gasteiger partial charge in [-0.05, 0) is 58.6 Å². The summed E-state index contributed by atoms with van der Waals surface area (Å²) in [6, 6.07) is 10.6. The van der Waals surface area contributed by atoms with E-state index in [-0.39, 0.29) is 5.50 Å². The Bertz CT molecular complexity index is 966. The molecule has 0 bridgehead atoms. The van der Waals surface area contributed by atoms with Crippen molar-refractivity contribution in [3.05, 3.63) is 52.4 Å². The van der Waals surface area contributed by atoms with E-state index in [1.165, 1.54) is 35.4 Å². The molecule has 2 N–H and O–H groups in total. The number of nitrogens with zero attached hydrogens (tertiary/aromatic N) is 4. The van der Waals surface area contributed by atoms with Gasteiger partial charge in [0, 0.05) is 30.1 Å². The zero-order chi connectivity index (χ0) is 18.2. The zero-order valence-corrected chi connectivity index (χ0v) is 17.3. The lowest BCUT2D eigenvalue weighted by atomic mass is 10.1. The van der Waals surface area contributed by atoms with Gasteiger partial charge >= 0.3 is 0 Å². The van der Waals surface area contributed by atoms with Gasteiger partial charge in [-0.1, -0.05) is 24.2 Å². The van der Waals surface area contributed by atoms with Gasteiger partial charge < -0.3 is 5.32 Å². The second-order valence-electron chi connectivity index (χ2n) is 6.96. The molecule has 3 aromatic rings. The van der Waals surface area contributed by atoms with Gasteiger partial charge in [0.05, 0.1) is 11.9 Å². The first kappa shape index (κ1) is 17.5. The molecule has 2 aliphatic rings. The third-order valence-corrected chi connectivity index (χ3v) is 6.63.